The molecule has 0 fully saturated rings. The number of aliphatic carboxylic acids is 2. The van der Waals surface area contributed by atoms with E-state index in [0.29, 0.717) is 0 Å². The molecule has 0 unspecified atom stereocenters. The van der Waals surface area contributed by atoms with E-state index in [1.54, 1.807) is 12.1 Å². The molecular formula is C9H9NaO7. The fourth-order valence-electron chi connectivity index (χ4n) is 0.654. The molecule has 0 saturated carbocycles. The Hall–Kier alpha value is -1.57. The monoisotopic (exact) mass is 252 g/mol. The summed E-state index contributed by atoms with van der Waals surface area (Å²) in [5.41, 5.74) is -0.0671. The van der Waals surface area contributed by atoms with Crippen LogP contribution >= 0.6 is 0 Å². The van der Waals surface area contributed by atoms with Gasteiger partial charge in [-0.05, 0) is 12.1 Å². The molecule has 0 aliphatic rings. The SMILES string of the molecule is O=C(O)C(=O)O.O=C(O)c1ccccc1O.[NaH]. The quantitative estimate of drug-likeness (QED) is 0.394. The van der Waals surface area contributed by atoms with E-state index in [2.05, 4.69) is 0 Å². The zero-order valence-electron chi connectivity index (χ0n) is 7.82. The first kappa shape index (κ1) is 17.8. The molecule has 0 heterocycles. The molecule has 0 radical (unpaired) electrons. The predicted octanol–water partition coefficient (Wildman–Crippen LogP) is -0.403. The van der Waals surface area contributed by atoms with E-state index in [1.165, 1.54) is 12.1 Å². The Morgan fingerprint density at radius 1 is 0.882 bits per heavy atom. The molecule has 88 valence electrons. The second kappa shape index (κ2) is 8.57. The van der Waals surface area contributed by atoms with Crippen LogP contribution in [0, 0.1) is 0 Å². The number of aromatic hydroxyl groups is 1. The maximum atomic E-state index is 10.3. The fourth-order valence-corrected chi connectivity index (χ4v) is 0.654. The zero-order chi connectivity index (χ0) is 12.7. The molecule has 0 spiro atoms. The van der Waals surface area contributed by atoms with Crippen molar-refractivity contribution in [2.75, 3.05) is 0 Å². The van der Waals surface area contributed by atoms with E-state index in [9.17, 15) is 4.79 Å². The van der Waals surface area contributed by atoms with Gasteiger partial charge in [0.25, 0.3) is 0 Å². The third kappa shape index (κ3) is 7.34. The molecule has 0 amide bonds. The van der Waals surface area contributed by atoms with Crippen molar-refractivity contribution in [3.05, 3.63) is 29.8 Å². The van der Waals surface area contributed by atoms with Crippen molar-refractivity contribution in [1.82, 2.24) is 0 Å². The van der Waals surface area contributed by atoms with Gasteiger partial charge in [-0.1, -0.05) is 12.1 Å². The number of para-hydroxylation sites is 1. The van der Waals surface area contributed by atoms with Crippen molar-refractivity contribution in [2.24, 2.45) is 0 Å². The second-order valence-electron chi connectivity index (χ2n) is 2.43. The molecule has 0 atom stereocenters. The summed E-state index contributed by atoms with van der Waals surface area (Å²) >= 11 is 0. The Morgan fingerprint density at radius 2 is 1.29 bits per heavy atom. The van der Waals surface area contributed by atoms with Crippen LogP contribution in [0.3, 0.4) is 0 Å². The molecule has 7 nitrogen and oxygen atoms in total. The summed E-state index contributed by atoms with van der Waals surface area (Å²) < 4.78 is 0. The predicted molar refractivity (Wildman–Crippen MR) is 57.5 cm³/mol. The molecule has 1 aromatic rings. The molecule has 0 aliphatic heterocycles. The molecule has 0 bridgehead atoms. The van der Waals surface area contributed by atoms with E-state index < -0.39 is 17.9 Å². The summed E-state index contributed by atoms with van der Waals surface area (Å²) in [4.78, 5) is 28.5. The van der Waals surface area contributed by atoms with Crippen LogP contribution in [0.15, 0.2) is 24.3 Å². The van der Waals surface area contributed by atoms with Gasteiger partial charge in [0, 0.05) is 0 Å². The van der Waals surface area contributed by atoms with Crippen molar-refractivity contribution >= 4 is 47.5 Å². The zero-order valence-corrected chi connectivity index (χ0v) is 7.82. The normalized spacial score (nSPS) is 8.00. The average molecular weight is 252 g/mol. The molecular weight excluding hydrogens is 243 g/mol. The number of rotatable bonds is 1. The minimum atomic E-state index is -1.82. The van der Waals surface area contributed by atoms with Crippen molar-refractivity contribution in [3.63, 3.8) is 0 Å². The van der Waals surface area contributed by atoms with Gasteiger partial charge in [-0.15, -0.1) is 0 Å². The van der Waals surface area contributed by atoms with Crippen LogP contribution in [0.1, 0.15) is 10.4 Å². The van der Waals surface area contributed by atoms with Gasteiger partial charge in [0.1, 0.15) is 11.3 Å². The minimum absolute atomic E-state index is 0. The van der Waals surface area contributed by atoms with Gasteiger partial charge in [-0.3, -0.25) is 0 Å². The Bertz CT molecular complexity index is 404. The molecule has 0 aromatic heterocycles. The van der Waals surface area contributed by atoms with Gasteiger partial charge in [0.15, 0.2) is 0 Å². The van der Waals surface area contributed by atoms with Crippen molar-refractivity contribution in [3.8, 4) is 5.75 Å². The van der Waals surface area contributed by atoms with Gasteiger partial charge in [0.05, 0.1) is 0 Å². The van der Waals surface area contributed by atoms with E-state index in [-0.39, 0.29) is 40.9 Å². The van der Waals surface area contributed by atoms with Crippen molar-refractivity contribution in [2.45, 2.75) is 0 Å². The van der Waals surface area contributed by atoms with Gasteiger partial charge < -0.3 is 20.4 Å². The molecule has 0 aliphatic carbocycles. The van der Waals surface area contributed by atoms with Crippen LogP contribution in [-0.4, -0.2) is 67.9 Å². The van der Waals surface area contributed by atoms with Crippen molar-refractivity contribution in [1.29, 1.82) is 0 Å². The van der Waals surface area contributed by atoms with Gasteiger partial charge in [0.2, 0.25) is 0 Å². The molecule has 1 rings (SSSR count). The van der Waals surface area contributed by atoms with Crippen molar-refractivity contribution < 1.29 is 34.8 Å². The number of carbonyl (C=O) groups is 3. The van der Waals surface area contributed by atoms with Crippen LogP contribution in [0.25, 0.3) is 0 Å². The number of carboxylic acid groups (broad SMARTS) is 3. The van der Waals surface area contributed by atoms with Gasteiger partial charge >= 0.3 is 47.5 Å². The summed E-state index contributed by atoms with van der Waals surface area (Å²) in [7, 11) is 0. The first-order valence-electron chi connectivity index (χ1n) is 3.83. The maximum absolute atomic E-state index is 10.3. The van der Waals surface area contributed by atoms with Crippen LogP contribution in [-0.2, 0) is 9.59 Å². The summed E-state index contributed by atoms with van der Waals surface area (Å²) in [5.74, 6) is -4.96. The first-order chi connectivity index (χ1) is 7.36. The topological polar surface area (TPSA) is 132 Å². The van der Waals surface area contributed by atoms with Gasteiger partial charge in [-0.25, -0.2) is 14.4 Å². The molecule has 8 heteroatoms. The van der Waals surface area contributed by atoms with E-state index in [0.717, 1.165) is 0 Å². The number of hydrogen-bond acceptors (Lipinski definition) is 4. The van der Waals surface area contributed by atoms with E-state index in [4.69, 9.17) is 30.0 Å². The Morgan fingerprint density at radius 3 is 1.53 bits per heavy atom. The van der Waals surface area contributed by atoms with Crippen LogP contribution < -0.4 is 0 Å². The number of carboxylic acids is 3. The van der Waals surface area contributed by atoms with Gasteiger partial charge in [-0.2, -0.15) is 0 Å². The number of aromatic carboxylic acids is 1. The summed E-state index contributed by atoms with van der Waals surface area (Å²) in [6, 6.07) is 5.81. The van der Waals surface area contributed by atoms with E-state index >= 15 is 0 Å². The molecule has 4 N–H and O–H groups in total. The number of phenols is 1. The Labute approximate surface area is 118 Å². The molecule has 0 saturated heterocycles. The summed E-state index contributed by atoms with van der Waals surface area (Å²) in [6.45, 7) is 0. The van der Waals surface area contributed by atoms with Crippen LogP contribution in [0.2, 0.25) is 0 Å². The number of hydrogen-bond donors (Lipinski definition) is 4. The Kier molecular flexibility index (Phi) is 8.98. The first-order valence-corrected chi connectivity index (χ1v) is 3.83. The van der Waals surface area contributed by atoms with Crippen LogP contribution in [0.4, 0.5) is 0 Å². The fraction of sp³-hybridized carbons (Fsp3) is 0. The third-order valence-electron chi connectivity index (χ3n) is 1.32. The van der Waals surface area contributed by atoms with E-state index in [1.807, 2.05) is 0 Å². The second-order valence-corrected chi connectivity index (χ2v) is 2.43. The molecule has 1 aromatic carbocycles. The summed E-state index contributed by atoms with van der Waals surface area (Å²) in [6.07, 6.45) is 0. The number of benzene rings is 1. The van der Waals surface area contributed by atoms with Crippen LogP contribution in [0.5, 0.6) is 5.75 Å². The summed E-state index contributed by atoms with van der Waals surface area (Å²) in [5, 5.41) is 32.1. The molecule has 17 heavy (non-hydrogen) atoms. The third-order valence-corrected chi connectivity index (χ3v) is 1.32. The average Bonchev–Trinajstić information content (AvgIpc) is 2.18. The Balaban J connectivity index is 0. The standard InChI is InChI=1S/C7H6O3.C2H2O4.Na.H/c8-6-4-2-1-3-5(6)7(9)10;3-1(4)2(5)6;;/h1-4,8H,(H,9,10);(H,3,4)(H,5,6);;.